The molecule has 2 aromatic heterocycles. The Morgan fingerprint density at radius 2 is 1.85 bits per heavy atom. The van der Waals surface area contributed by atoms with Gasteiger partial charge < -0.3 is 15.2 Å². The number of carbonyl (C=O) groups excluding carboxylic acids is 2. The van der Waals surface area contributed by atoms with Gasteiger partial charge in [0.1, 0.15) is 11.6 Å². The first-order valence-corrected chi connectivity index (χ1v) is 12.2. The zero-order chi connectivity index (χ0) is 28.7. The third-order valence-electron chi connectivity index (χ3n) is 6.91. The second-order valence-corrected chi connectivity index (χ2v) is 9.83. The van der Waals surface area contributed by atoms with E-state index in [1.54, 1.807) is 29.1 Å². The number of benzene rings is 3. The van der Waals surface area contributed by atoms with Gasteiger partial charge in [-0.15, -0.1) is 0 Å². The smallest absolute Gasteiger partial charge is 0.341 e. The number of imidazole rings is 2. The minimum Gasteiger partial charge on any atom is -0.341 e. The second-order valence-electron chi connectivity index (χ2n) is 9.43. The molecule has 3 heterocycles. The molecule has 3 aromatic carbocycles. The molecule has 0 bridgehead atoms. The molecule has 0 aliphatic carbocycles. The number of carbonyl (C=O) groups is 2. The number of nitrogens with zero attached hydrogens (tertiary/aromatic N) is 3. The van der Waals surface area contributed by atoms with Crippen LogP contribution >= 0.6 is 11.6 Å². The van der Waals surface area contributed by atoms with E-state index in [0.717, 1.165) is 12.1 Å². The van der Waals surface area contributed by atoms with Gasteiger partial charge in [0.15, 0.2) is 0 Å². The maximum Gasteiger partial charge on any atom is 0.416 e. The molecule has 204 valence electrons. The van der Waals surface area contributed by atoms with Crippen molar-refractivity contribution in [2.75, 3.05) is 5.32 Å². The van der Waals surface area contributed by atoms with Gasteiger partial charge in [-0.1, -0.05) is 11.6 Å². The molecule has 2 N–H and O–H groups in total. The first-order chi connectivity index (χ1) is 18.8. The normalized spacial score (nSPS) is 15.1. The van der Waals surface area contributed by atoms with Crippen LogP contribution in [-0.4, -0.2) is 25.8 Å². The van der Waals surface area contributed by atoms with Crippen LogP contribution in [0, 0.1) is 18.6 Å². The van der Waals surface area contributed by atoms with E-state index in [1.165, 1.54) is 12.1 Å². The minimum absolute atomic E-state index is 0.0367. The van der Waals surface area contributed by atoms with Crippen molar-refractivity contribution < 1.29 is 31.5 Å². The summed E-state index contributed by atoms with van der Waals surface area (Å²) < 4.78 is 71.7. The summed E-state index contributed by atoms with van der Waals surface area (Å²) >= 11 is 6.37. The van der Waals surface area contributed by atoms with E-state index >= 15 is 0 Å². The number of fused-ring (bicyclic) bond motifs is 5. The summed E-state index contributed by atoms with van der Waals surface area (Å²) in [6, 6.07) is 5.61. The molecule has 7 nitrogen and oxygen atoms in total. The molecular formula is C27H17ClF5N5O2. The first kappa shape index (κ1) is 25.8. The molecule has 0 saturated heterocycles. The Balaban J connectivity index is 1.60. The van der Waals surface area contributed by atoms with E-state index in [9.17, 15) is 31.5 Å². The molecule has 1 atom stereocenters. The van der Waals surface area contributed by atoms with Crippen molar-refractivity contribution in [1.29, 1.82) is 0 Å². The SMILES string of the molecule is Cc1cnc2n(C)c3c4c(c(NC(=O)c5cc(F)cc(C(F)(F)F)c5)cc3n12)C(c1cc(F)ccc1Cl)NC4=O. The van der Waals surface area contributed by atoms with Gasteiger partial charge in [0.2, 0.25) is 5.78 Å². The fraction of sp³-hybridized carbons (Fsp3) is 0.148. The van der Waals surface area contributed by atoms with Crippen LogP contribution in [0.1, 0.15) is 49.1 Å². The Labute approximate surface area is 227 Å². The number of aryl methyl sites for hydroxylation is 2. The van der Waals surface area contributed by atoms with E-state index in [-0.39, 0.29) is 33.5 Å². The molecule has 40 heavy (non-hydrogen) atoms. The highest BCUT2D eigenvalue weighted by atomic mass is 35.5. The zero-order valence-electron chi connectivity index (χ0n) is 20.6. The van der Waals surface area contributed by atoms with Gasteiger partial charge in [-0.25, -0.2) is 13.8 Å². The third kappa shape index (κ3) is 3.89. The molecular weight excluding hydrogens is 557 g/mol. The van der Waals surface area contributed by atoms with Crippen LogP contribution in [-0.2, 0) is 13.2 Å². The molecule has 13 heteroatoms. The lowest BCUT2D eigenvalue weighted by Gasteiger charge is -2.19. The summed E-state index contributed by atoms with van der Waals surface area (Å²) in [5.74, 6) is -2.99. The van der Waals surface area contributed by atoms with Crippen LogP contribution in [0.5, 0.6) is 0 Å². The summed E-state index contributed by atoms with van der Waals surface area (Å²) in [4.78, 5) is 31.1. The van der Waals surface area contributed by atoms with Crippen molar-refractivity contribution in [1.82, 2.24) is 19.3 Å². The Morgan fingerprint density at radius 3 is 2.58 bits per heavy atom. The fourth-order valence-electron chi connectivity index (χ4n) is 5.20. The predicted molar refractivity (Wildman–Crippen MR) is 136 cm³/mol. The number of hydrogen-bond acceptors (Lipinski definition) is 3. The number of aromatic nitrogens is 3. The van der Waals surface area contributed by atoms with E-state index in [1.807, 2.05) is 0 Å². The standard InChI is InChI=1S/C27H17ClF5N5O2/c1-11-10-34-26-37(2)23-19(38(11)26)9-18(35-24(39)12-5-13(27(31,32)33)7-15(30)6-12)20-21(23)25(40)36-22(20)16-8-14(29)3-4-17(16)28/h3-10,22H,1-2H3,(H,35,39)(H,36,40). The van der Waals surface area contributed by atoms with Crippen molar-refractivity contribution in [3.8, 4) is 0 Å². The summed E-state index contributed by atoms with van der Waals surface area (Å²) in [5, 5.41) is 5.46. The molecule has 0 radical (unpaired) electrons. The first-order valence-electron chi connectivity index (χ1n) is 11.8. The van der Waals surface area contributed by atoms with Gasteiger partial charge >= 0.3 is 6.18 Å². The van der Waals surface area contributed by atoms with Gasteiger partial charge in [-0.3, -0.25) is 14.0 Å². The predicted octanol–water partition coefficient (Wildman–Crippen LogP) is 6.17. The van der Waals surface area contributed by atoms with E-state index in [0.29, 0.717) is 34.6 Å². The Kier molecular flexibility index (Phi) is 5.67. The quantitative estimate of drug-likeness (QED) is 0.253. The van der Waals surface area contributed by atoms with Gasteiger partial charge in [0.25, 0.3) is 11.8 Å². The number of anilines is 1. The molecule has 0 saturated carbocycles. The van der Waals surface area contributed by atoms with Gasteiger partial charge in [0.05, 0.1) is 34.4 Å². The lowest BCUT2D eigenvalue weighted by atomic mass is 9.95. The molecule has 1 aliphatic rings. The number of nitrogens with one attached hydrogen (secondary N) is 2. The van der Waals surface area contributed by atoms with Gasteiger partial charge in [-0.05, 0) is 49.4 Å². The average Bonchev–Trinajstić information content (AvgIpc) is 3.52. The molecule has 6 rings (SSSR count). The number of rotatable bonds is 3. The van der Waals surface area contributed by atoms with Crippen molar-refractivity contribution in [3.63, 3.8) is 0 Å². The van der Waals surface area contributed by atoms with Crippen molar-refractivity contribution in [3.05, 3.63) is 98.8 Å². The molecule has 5 aromatic rings. The van der Waals surface area contributed by atoms with Crippen LogP contribution < -0.4 is 10.6 Å². The lowest BCUT2D eigenvalue weighted by molar-refractivity contribution is -0.137. The maximum absolute atomic E-state index is 14.3. The Bertz CT molecular complexity index is 1910. The number of halogens is 6. The summed E-state index contributed by atoms with van der Waals surface area (Å²) in [5.41, 5.74) is 0.302. The molecule has 2 amide bonds. The molecule has 0 fully saturated rings. The van der Waals surface area contributed by atoms with Gasteiger partial charge in [0, 0.05) is 40.1 Å². The highest BCUT2D eigenvalue weighted by molar-refractivity contribution is 6.31. The maximum atomic E-state index is 14.3. The summed E-state index contributed by atoms with van der Waals surface area (Å²) in [6.45, 7) is 1.78. The van der Waals surface area contributed by atoms with Crippen molar-refractivity contribution >= 4 is 45.9 Å². The summed E-state index contributed by atoms with van der Waals surface area (Å²) in [7, 11) is 1.70. The van der Waals surface area contributed by atoms with E-state index in [2.05, 4.69) is 15.6 Å². The number of hydrogen-bond donors (Lipinski definition) is 2. The topological polar surface area (TPSA) is 80.4 Å². The highest BCUT2D eigenvalue weighted by Crippen LogP contribution is 2.43. The second kappa shape index (κ2) is 8.78. The minimum atomic E-state index is -4.89. The van der Waals surface area contributed by atoms with Crippen LogP contribution in [0.25, 0.3) is 16.8 Å². The highest BCUT2D eigenvalue weighted by Gasteiger charge is 2.38. The summed E-state index contributed by atoms with van der Waals surface area (Å²) in [6.07, 6.45) is -3.28. The Morgan fingerprint density at radius 1 is 1.10 bits per heavy atom. The van der Waals surface area contributed by atoms with Gasteiger partial charge in [-0.2, -0.15) is 13.2 Å². The zero-order valence-corrected chi connectivity index (χ0v) is 21.4. The number of alkyl halides is 3. The van der Waals surface area contributed by atoms with Crippen LogP contribution in [0.15, 0.2) is 48.7 Å². The van der Waals surface area contributed by atoms with Crippen LogP contribution in [0.3, 0.4) is 0 Å². The lowest BCUT2D eigenvalue weighted by Crippen LogP contribution is -2.21. The average molecular weight is 574 g/mol. The molecule has 1 unspecified atom stereocenters. The third-order valence-corrected chi connectivity index (χ3v) is 7.26. The molecule has 1 aliphatic heterocycles. The van der Waals surface area contributed by atoms with Crippen LogP contribution in [0.4, 0.5) is 27.6 Å². The van der Waals surface area contributed by atoms with Crippen LogP contribution in [0.2, 0.25) is 5.02 Å². The van der Waals surface area contributed by atoms with Crippen molar-refractivity contribution in [2.45, 2.75) is 19.1 Å². The largest absolute Gasteiger partial charge is 0.416 e. The monoisotopic (exact) mass is 573 g/mol. The van der Waals surface area contributed by atoms with E-state index in [4.69, 9.17) is 11.6 Å². The molecule has 0 spiro atoms. The van der Waals surface area contributed by atoms with E-state index < -0.39 is 46.8 Å². The van der Waals surface area contributed by atoms with Crippen molar-refractivity contribution in [2.24, 2.45) is 7.05 Å². The fourth-order valence-corrected chi connectivity index (χ4v) is 5.42. The number of amides is 2. The Hall–Kier alpha value is -4.45.